The van der Waals surface area contributed by atoms with E-state index < -0.39 is 0 Å². The van der Waals surface area contributed by atoms with Crippen LogP contribution in [0.25, 0.3) is 11.5 Å². The molecule has 0 saturated heterocycles. The number of thioether (sulfide) groups is 1. The van der Waals surface area contributed by atoms with Crippen molar-refractivity contribution in [3.8, 4) is 23.0 Å². The van der Waals surface area contributed by atoms with Crippen LogP contribution in [0.15, 0.2) is 33.9 Å². The Balaban J connectivity index is 1.54. The number of fused-ring (bicyclic) bond motifs is 1. The van der Waals surface area contributed by atoms with Gasteiger partial charge in [-0.1, -0.05) is 17.8 Å². The Hall–Kier alpha value is -2.80. The number of hydrogen-bond donors (Lipinski definition) is 0. The van der Waals surface area contributed by atoms with Crippen LogP contribution in [0.2, 0.25) is 0 Å². The first-order valence-electron chi connectivity index (χ1n) is 8.91. The number of benzene rings is 2. The normalized spacial score (nSPS) is 12.4. The summed E-state index contributed by atoms with van der Waals surface area (Å²) in [6.45, 7) is 7.87. The third kappa shape index (κ3) is 3.38. The maximum Gasteiger partial charge on any atom is 0.277 e. The minimum absolute atomic E-state index is 0.0872. The van der Waals surface area contributed by atoms with Gasteiger partial charge in [0.05, 0.1) is 0 Å². The summed E-state index contributed by atoms with van der Waals surface area (Å²) in [6.07, 6.45) is 0. The smallest absolute Gasteiger partial charge is 0.277 e. The van der Waals surface area contributed by atoms with Gasteiger partial charge in [-0.15, -0.1) is 10.2 Å². The third-order valence-corrected chi connectivity index (χ3v) is 5.69. The molecule has 0 aliphatic carbocycles. The van der Waals surface area contributed by atoms with Gasteiger partial charge in [0.1, 0.15) is 0 Å². The Morgan fingerprint density at radius 1 is 1.07 bits per heavy atom. The number of carbonyl (C=O) groups is 1. The van der Waals surface area contributed by atoms with Crippen LogP contribution < -0.4 is 9.47 Å². The van der Waals surface area contributed by atoms with Crippen molar-refractivity contribution >= 4 is 17.5 Å². The highest BCUT2D eigenvalue weighted by Crippen LogP contribution is 2.36. The Morgan fingerprint density at radius 2 is 1.86 bits per heavy atom. The predicted molar refractivity (Wildman–Crippen MR) is 106 cm³/mol. The first-order chi connectivity index (χ1) is 13.4. The van der Waals surface area contributed by atoms with Crippen LogP contribution >= 0.6 is 11.8 Å². The van der Waals surface area contributed by atoms with Crippen molar-refractivity contribution in [3.63, 3.8) is 0 Å². The number of aryl methyl sites for hydroxylation is 2. The van der Waals surface area contributed by atoms with E-state index in [0.29, 0.717) is 28.4 Å². The number of ketones is 1. The molecule has 2 heterocycles. The zero-order valence-electron chi connectivity index (χ0n) is 16.2. The fourth-order valence-electron chi connectivity index (χ4n) is 3.54. The summed E-state index contributed by atoms with van der Waals surface area (Å²) in [5, 5.41) is 8.77. The fraction of sp³-hybridized carbons (Fsp3) is 0.286. The summed E-state index contributed by atoms with van der Waals surface area (Å²) in [6, 6.07) is 7.59. The molecular formula is C21H20N2O4S. The Morgan fingerprint density at radius 3 is 2.64 bits per heavy atom. The largest absolute Gasteiger partial charge is 0.454 e. The molecule has 144 valence electrons. The predicted octanol–water partition coefficient (Wildman–Crippen LogP) is 4.89. The van der Waals surface area contributed by atoms with Crippen LogP contribution in [-0.2, 0) is 5.75 Å². The average molecular weight is 396 g/mol. The molecule has 4 rings (SSSR count). The van der Waals surface area contributed by atoms with Crippen LogP contribution in [-0.4, -0.2) is 22.8 Å². The molecule has 6 nitrogen and oxygen atoms in total. The zero-order valence-corrected chi connectivity index (χ0v) is 17.0. The molecule has 0 radical (unpaired) electrons. The molecule has 1 aliphatic heterocycles. The molecule has 0 N–H and O–H groups in total. The van der Waals surface area contributed by atoms with Crippen LogP contribution in [0.4, 0.5) is 0 Å². The monoisotopic (exact) mass is 396 g/mol. The zero-order chi connectivity index (χ0) is 19.8. The number of Topliss-reactive ketones (excluding diaryl/α,β-unsaturated/α-hetero) is 1. The summed E-state index contributed by atoms with van der Waals surface area (Å²) in [5.41, 5.74) is 5.90. The highest BCUT2D eigenvalue weighted by atomic mass is 32.2. The number of nitrogens with zero attached hydrogens (tertiary/aromatic N) is 2. The van der Waals surface area contributed by atoms with Gasteiger partial charge < -0.3 is 13.9 Å². The van der Waals surface area contributed by atoms with Gasteiger partial charge >= 0.3 is 0 Å². The Labute approximate surface area is 167 Å². The van der Waals surface area contributed by atoms with E-state index in [1.54, 1.807) is 6.92 Å². The quantitative estimate of drug-likeness (QED) is 0.449. The molecule has 0 spiro atoms. The SMILES string of the molecule is CC(=O)c1c(C)cc(C)c(CSc2nnc(-c3ccc4c(c3)OCO4)o2)c1C. The minimum Gasteiger partial charge on any atom is -0.454 e. The van der Waals surface area contributed by atoms with Gasteiger partial charge in [0.2, 0.25) is 12.7 Å². The Bertz CT molecular complexity index is 1070. The van der Waals surface area contributed by atoms with Crippen molar-refractivity contribution in [2.45, 2.75) is 38.7 Å². The lowest BCUT2D eigenvalue weighted by Gasteiger charge is -2.15. The Kier molecular flexibility index (Phi) is 4.85. The van der Waals surface area contributed by atoms with Gasteiger partial charge in [0.25, 0.3) is 5.22 Å². The molecule has 0 atom stereocenters. The van der Waals surface area contributed by atoms with E-state index in [4.69, 9.17) is 13.9 Å². The van der Waals surface area contributed by atoms with Crippen LogP contribution in [0.5, 0.6) is 11.5 Å². The first kappa shape index (κ1) is 18.6. The van der Waals surface area contributed by atoms with Gasteiger partial charge in [-0.05, 0) is 68.1 Å². The van der Waals surface area contributed by atoms with Gasteiger partial charge in [-0.3, -0.25) is 4.79 Å². The lowest BCUT2D eigenvalue weighted by Crippen LogP contribution is -2.05. The molecule has 0 unspecified atom stereocenters. The van der Waals surface area contributed by atoms with E-state index in [9.17, 15) is 4.79 Å². The molecule has 2 aromatic carbocycles. The van der Waals surface area contributed by atoms with Crippen molar-refractivity contribution in [3.05, 3.63) is 52.1 Å². The van der Waals surface area contributed by atoms with Crippen molar-refractivity contribution in [2.24, 2.45) is 0 Å². The molecule has 3 aromatic rings. The van der Waals surface area contributed by atoms with Gasteiger partial charge in [0, 0.05) is 16.9 Å². The summed E-state index contributed by atoms with van der Waals surface area (Å²) < 4.78 is 16.5. The average Bonchev–Trinajstić information content (AvgIpc) is 3.29. The number of aromatic nitrogens is 2. The summed E-state index contributed by atoms with van der Waals surface area (Å²) in [4.78, 5) is 12.0. The standard InChI is InChI=1S/C21H20N2O4S/c1-11-7-12(2)19(14(4)24)13(3)16(11)9-28-21-23-22-20(27-21)15-5-6-17-18(8-15)26-10-25-17/h5-8H,9-10H2,1-4H3. The van der Waals surface area contributed by atoms with Crippen molar-refractivity contribution in [2.75, 3.05) is 6.79 Å². The summed E-state index contributed by atoms with van der Waals surface area (Å²) in [5.74, 6) is 2.56. The maximum atomic E-state index is 12.0. The van der Waals surface area contributed by atoms with Gasteiger partial charge in [0.15, 0.2) is 17.3 Å². The van der Waals surface area contributed by atoms with Gasteiger partial charge in [-0.25, -0.2) is 0 Å². The van der Waals surface area contributed by atoms with Crippen molar-refractivity contribution < 1.29 is 18.7 Å². The maximum absolute atomic E-state index is 12.0. The lowest BCUT2D eigenvalue weighted by atomic mass is 9.92. The first-order valence-corrected chi connectivity index (χ1v) is 9.89. The highest BCUT2D eigenvalue weighted by molar-refractivity contribution is 7.98. The summed E-state index contributed by atoms with van der Waals surface area (Å²) in [7, 11) is 0. The number of rotatable bonds is 5. The topological polar surface area (TPSA) is 74.5 Å². The molecule has 28 heavy (non-hydrogen) atoms. The molecule has 0 fully saturated rings. The second kappa shape index (κ2) is 7.31. The van der Waals surface area contributed by atoms with Crippen LogP contribution in [0.1, 0.15) is 39.5 Å². The lowest BCUT2D eigenvalue weighted by molar-refractivity contribution is 0.101. The number of hydrogen-bond acceptors (Lipinski definition) is 7. The third-order valence-electron chi connectivity index (χ3n) is 4.85. The second-order valence-electron chi connectivity index (χ2n) is 6.77. The van der Waals surface area contributed by atoms with E-state index in [1.807, 2.05) is 32.0 Å². The molecule has 0 saturated carbocycles. The molecular weight excluding hydrogens is 376 g/mol. The molecule has 7 heteroatoms. The molecule has 0 amide bonds. The minimum atomic E-state index is 0.0872. The molecule has 1 aromatic heterocycles. The van der Waals surface area contributed by atoms with Crippen LogP contribution in [0.3, 0.4) is 0 Å². The van der Waals surface area contributed by atoms with Crippen molar-refractivity contribution in [1.82, 2.24) is 10.2 Å². The molecule has 1 aliphatic rings. The van der Waals surface area contributed by atoms with Gasteiger partial charge in [-0.2, -0.15) is 0 Å². The highest BCUT2D eigenvalue weighted by Gasteiger charge is 2.18. The fourth-order valence-corrected chi connectivity index (χ4v) is 4.49. The molecule has 0 bridgehead atoms. The van der Waals surface area contributed by atoms with E-state index >= 15 is 0 Å². The number of ether oxygens (including phenoxy) is 2. The summed E-state index contributed by atoms with van der Waals surface area (Å²) >= 11 is 1.46. The van der Waals surface area contributed by atoms with E-state index in [1.165, 1.54) is 11.8 Å². The van der Waals surface area contributed by atoms with E-state index in [2.05, 4.69) is 23.2 Å². The number of carbonyl (C=O) groups excluding carboxylic acids is 1. The van der Waals surface area contributed by atoms with Crippen LogP contribution in [0, 0.1) is 20.8 Å². The second-order valence-corrected chi connectivity index (χ2v) is 7.70. The van der Waals surface area contributed by atoms with E-state index in [0.717, 1.165) is 33.4 Å². The van der Waals surface area contributed by atoms with Crippen molar-refractivity contribution in [1.29, 1.82) is 0 Å². The van der Waals surface area contributed by atoms with E-state index in [-0.39, 0.29) is 12.6 Å².